The molecule has 0 aliphatic heterocycles. The van der Waals surface area contributed by atoms with Crippen LogP contribution < -0.4 is 10.6 Å². The number of rotatable bonds is 8. The van der Waals surface area contributed by atoms with Crippen molar-refractivity contribution >= 4 is 43.2 Å². The van der Waals surface area contributed by atoms with Gasteiger partial charge in [-0.05, 0) is 30.8 Å². The van der Waals surface area contributed by atoms with Gasteiger partial charge in [-0.15, -0.1) is 0 Å². The summed E-state index contributed by atoms with van der Waals surface area (Å²) in [5, 5.41) is 6.48. The minimum Gasteiger partial charge on any atom is -0.423 e. The largest absolute Gasteiger partial charge is 0.500 e. The topological polar surface area (TPSA) is 77.8 Å². The first-order valence-corrected chi connectivity index (χ1v) is 9.52. The van der Waals surface area contributed by atoms with Crippen LogP contribution in [0.4, 0.5) is 6.01 Å². The Morgan fingerprint density at radius 2 is 1.91 bits per heavy atom. The molecule has 0 atom stereocenters. The van der Waals surface area contributed by atoms with Crippen molar-refractivity contribution in [3.8, 4) is 0 Å². The number of nitrogens with zero attached hydrogens (tertiary/aromatic N) is 1. The van der Waals surface area contributed by atoms with Crippen molar-refractivity contribution in [3.05, 3.63) is 24.3 Å². The Labute approximate surface area is 141 Å². The lowest BCUT2D eigenvalue weighted by molar-refractivity contribution is 0.123. The van der Waals surface area contributed by atoms with Crippen LogP contribution in [0.3, 0.4) is 0 Å². The molecule has 0 saturated heterocycles. The summed E-state index contributed by atoms with van der Waals surface area (Å²) < 4.78 is 21.6. The van der Waals surface area contributed by atoms with E-state index in [1.54, 1.807) is 21.3 Å². The van der Waals surface area contributed by atoms with Crippen LogP contribution in [0.15, 0.2) is 28.7 Å². The van der Waals surface area contributed by atoms with Crippen molar-refractivity contribution in [2.24, 2.45) is 0 Å². The van der Waals surface area contributed by atoms with Crippen LogP contribution >= 0.6 is 12.2 Å². The number of para-hydroxylation sites is 2. The van der Waals surface area contributed by atoms with Gasteiger partial charge in [-0.3, -0.25) is 5.32 Å². The molecule has 0 aliphatic rings. The van der Waals surface area contributed by atoms with Gasteiger partial charge in [0.25, 0.3) is 0 Å². The van der Waals surface area contributed by atoms with Gasteiger partial charge in [0.05, 0.1) is 0 Å². The van der Waals surface area contributed by atoms with Crippen LogP contribution in [-0.2, 0) is 13.3 Å². The molecular formula is C14H21N3O4SSi. The summed E-state index contributed by atoms with van der Waals surface area (Å²) in [6.45, 7) is 0.664. The molecule has 1 aromatic carbocycles. The third kappa shape index (κ3) is 4.72. The van der Waals surface area contributed by atoms with E-state index in [0.29, 0.717) is 29.3 Å². The first kappa shape index (κ1) is 17.8. The Bertz CT molecular complexity index is 606. The van der Waals surface area contributed by atoms with Gasteiger partial charge < -0.3 is 23.0 Å². The fraction of sp³-hybridized carbons (Fsp3) is 0.429. The van der Waals surface area contributed by atoms with E-state index < -0.39 is 8.80 Å². The zero-order valence-electron chi connectivity index (χ0n) is 13.4. The highest BCUT2D eigenvalue weighted by atomic mass is 32.1. The Morgan fingerprint density at radius 1 is 1.22 bits per heavy atom. The smallest absolute Gasteiger partial charge is 0.423 e. The zero-order valence-corrected chi connectivity index (χ0v) is 15.2. The Balaban J connectivity index is 1.77. The van der Waals surface area contributed by atoms with Crippen molar-refractivity contribution in [1.29, 1.82) is 0 Å². The molecule has 0 fully saturated rings. The summed E-state index contributed by atoms with van der Waals surface area (Å²) in [5.41, 5.74) is 1.50. The van der Waals surface area contributed by atoms with Crippen LogP contribution in [0, 0.1) is 0 Å². The highest BCUT2D eigenvalue weighted by Gasteiger charge is 2.36. The predicted molar refractivity (Wildman–Crippen MR) is 94.4 cm³/mol. The molecule has 126 valence electrons. The molecule has 9 heteroatoms. The average molecular weight is 355 g/mol. The molecule has 2 aromatic rings. The summed E-state index contributed by atoms with van der Waals surface area (Å²) in [5.74, 6) is 0. The summed E-state index contributed by atoms with van der Waals surface area (Å²) in [7, 11) is 2.29. The van der Waals surface area contributed by atoms with E-state index in [-0.39, 0.29) is 0 Å². The van der Waals surface area contributed by atoms with Crippen LogP contribution in [0.5, 0.6) is 0 Å². The number of oxazole rings is 1. The second-order valence-electron chi connectivity index (χ2n) is 4.77. The zero-order chi connectivity index (χ0) is 16.7. The quantitative estimate of drug-likeness (QED) is 0.425. The summed E-state index contributed by atoms with van der Waals surface area (Å²) in [4.78, 5) is 4.30. The van der Waals surface area contributed by atoms with E-state index >= 15 is 0 Å². The molecule has 23 heavy (non-hydrogen) atoms. The molecule has 0 bridgehead atoms. The number of hydrogen-bond acceptors (Lipinski definition) is 6. The Kier molecular flexibility index (Phi) is 6.48. The predicted octanol–water partition coefficient (Wildman–Crippen LogP) is 2.38. The molecule has 7 nitrogen and oxygen atoms in total. The molecule has 1 heterocycles. The molecule has 0 radical (unpaired) electrons. The highest BCUT2D eigenvalue weighted by molar-refractivity contribution is 7.80. The maximum atomic E-state index is 5.55. The second-order valence-corrected chi connectivity index (χ2v) is 8.27. The van der Waals surface area contributed by atoms with Crippen LogP contribution in [0.2, 0.25) is 6.04 Å². The second kappa shape index (κ2) is 8.36. The number of anilines is 1. The van der Waals surface area contributed by atoms with E-state index in [4.69, 9.17) is 29.9 Å². The summed E-state index contributed by atoms with van der Waals surface area (Å²) >= 11 is 5.23. The van der Waals surface area contributed by atoms with Crippen LogP contribution in [-0.4, -0.2) is 46.8 Å². The third-order valence-electron chi connectivity index (χ3n) is 3.39. The highest BCUT2D eigenvalue weighted by Crippen LogP contribution is 2.18. The number of thiocarbonyl (C=S) groups is 1. The maximum Gasteiger partial charge on any atom is 0.500 e. The monoisotopic (exact) mass is 355 g/mol. The first-order chi connectivity index (χ1) is 11.1. The van der Waals surface area contributed by atoms with Gasteiger partial charge in [-0.2, -0.15) is 4.98 Å². The van der Waals surface area contributed by atoms with E-state index in [0.717, 1.165) is 11.9 Å². The van der Waals surface area contributed by atoms with Gasteiger partial charge in [-0.1, -0.05) is 12.1 Å². The van der Waals surface area contributed by atoms with E-state index in [1.807, 2.05) is 24.3 Å². The number of hydrogen-bond donors (Lipinski definition) is 2. The van der Waals surface area contributed by atoms with Crippen LogP contribution in [0.25, 0.3) is 11.1 Å². The summed E-state index contributed by atoms with van der Waals surface area (Å²) in [6.07, 6.45) is 0.803. The summed E-state index contributed by atoms with van der Waals surface area (Å²) in [6, 6.07) is 8.61. The normalized spacial score (nSPS) is 11.6. The molecule has 0 spiro atoms. The molecular weight excluding hydrogens is 334 g/mol. The van der Waals surface area contributed by atoms with Crippen molar-refractivity contribution in [2.45, 2.75) is 12.5 Å². The third-order valence-corrected chi connectivity index (χ3v) is 6.47. The Morgan fingerprint density at radius 3 is 2.57 bits per heavy atom. The maximum absolute atomic E-state index is 5.55. The lowest BCUT2D eigenvalue weighted by atomic mass is 10.3. The number of fused-ring (bicyclic) bond motifs is 1. The average Bonchev–Trinajstić information content (AvgIpc) is 2.98. The standard InChI is InChI=1S/C14H21N3O4SSi/c1-18-23(19-2,20-3)10-6-9-15-14(22)17-13-16-11-7-4-5-8-12(11)21-13/h4-5,7-8H,6,9-10H2,1-3H3,(H2,15,16,17,22). The lowest BCUT2D eigenvalue weighted by Gasteiger charge is -2.24. The van der Waals surface area contributed by atoms with Gasteiger partial charge >= 0.3 is 14.8 Å². The molecule has 1 aromatic heterocycles. The fourth-order valence-corrected chi connectivity index (χ4v) is 4.04. The van der Waals surface area contributed by atoms with Crippen molar-refractivity contribution in [1.82, 2.24) is 10.3 Å². The lowest BCUT2D eigenvalue weighted by Crippen LogP contribution is -2.43. The van der Waals surface area contributed by atoms with Gasteiger partial charge in [0.1, 0.15) is 5.52 Å². The molecule has 2 N–H and O–H groups in total. The number of nitrogens with one attached hydrogen (secondary N) is 2. The van der Waals surface area contributed by atoms with E-state index in [2.05, 4.69) is 15.6 Å². The molecule has 2 rings (SSSR count). The SMILES string of the molecule is CO[Si](CCCNC(=S)Nc1nc2ccccc2o1)(OC)OC. The Hall–Kier alpha value is -1.52. The number of benzene rings is 1. The number of aromatic nitrogens is 1. The first-order valence-electron chi connectivity index (χ1n) is 7.18. The molecule has 0 aliphatic carbocycles. The van der Waals surface area contributed by atoms with Gasteiger partial charge in [0.15, 0.2) is 10.7 Å². The molecule has 0 unspecified atom stereocenters. The van der Waals surface area contributed by atoms with Gasteiger partial charge in [-0.25, -0.2) is 0 Å². The van der Waals surface area contributed by atoms with Crippen molar-refractivity contribution in [3.63, 3.8) is 0 Å². The van der Waals surface area contributed by atoms with Crippen molar-refractivity contribution in [2.75, 3.05) is 33.2 Å². The van der Waals surface area contributed by atoms with Crippen LogP contribution in [0.1, 0.15) is 6.42 Å². The fourth-order valence-electron chi connectivity index (χ4n) is 2.13. The van der Waals surface area contributed by atoms with E-state index in [1.165, 1.54) is 0 Å². The van der Waals surface area contributed by atoms with E-state index in [9.17, 15) is 0 Å². The van der Waals surface area contributed by atoms with Gasteiger partial charge in [0, 0.05) is 33.9 Å². The van der Waals surface area contributed by atoms with Gasteiger partial charge in [0.2, 0.25) is 0 Å². The molecule has 0 saturated carbocycles. The van der Waals surface area contributed by atoms with Crippen molar-refractivity contribution < 1.29 is 17.7 Å². The minimum atomic E-state index is -2.52. The minimum absolute atomic E-state index is 0.373. The molecule has 0 amide bonds.